The molecule has 132 valence electrons. The normalized spacial score (nSPS) is 25.3. The highest BCUT2D eigenvalue weighted by Gasteiger charge is 2.35. The van der Waals surface area contributed by atoms with E-state index in [9.17, 15) is 4.79 Å². The number of benzene rings is 1. The average molecular weight is 357 g/mol. The van der Waals surface area contributed by atoms with Crippen molar-refractivity contribution in [3.05, 3.63) is 51.8 Å². The van der Waals surface area contributed by atoms with Crippen LogP contribution in [0.3, 0.4) is 0 Å². The van der Waals surface area contributed by atoms with Crippen molar-refractivity contribution in [2.75, 3.05) is 6.61 Å². The van der Waals surface area contributed by atoms with E-state index in [1.807, 2.05) is 29.8 Å². The van der Waals surface area contributed by atoms with Crippen LogP contribution in [0.5, 0.6) is 0 Å². The molecule has 3 heterocycles. The van der Waals surface area contributed by atoms with Crippen molar-refractivity contribution in [1.29, 1.82) is 0 Å². The van der Waals surface area contributed by atoms with E-state index in [0.29, 0.717) is 6.61 Å². The van der Waals surface area contributed by atoms with E-state index in [4.69, 9.17) is 9.73 Å². The summed E-state index contributed by atoms with van der Waals surface area (Å²) >= 11 is 1.65. The smallest absolute Gasteiger partial charge is 0.271 e. The maximum atomic E-state index is 12.8. The van der Waals surface area contributed by atoms with Gasteiger partial charge in [0.1, 0.15) is 0 Å². The number of aromatic amines is 1. The van der Waals surface area contributed by atoms with Gasteiger partial charge in [-0.2, -0.15) is 0 Å². The maximum absolute atomic E-state index is 12.8. The molecule has 2 atom stereocenters. The van der Waals surface area contributed by atoms with Gasteiger partial charge >= 0.3 is 0 Å². The number of aromatic nitrogens is 2. The predicted molar refractivity (Wildman–Crippen MR) is 102 cm³/mol. The van der Waals surface area contributed by atoms with Gasteiger partial charge in [0, 0.05) is 6.61 Å². The van der Waals surface area contributed by atoms with Crippen molar-refractivity contribution in [2.24, 2.45) is 4.99 Å². The van der Waals surface area contributed by atoms with Crippen LogP contribution in [0.1, 0.15) is 56.0 Å². The minimum atomic E-state index is -0.183. The zero-order chi connectivity index (χ0) is 17.6. The van der Waals surface area contributed by atoms with Crippen molar-refractivity contribution < 1.29 is 4.74 Å². The quantitative estimate of drug-likeness (QED) is 0.876. The Hall–Kier alpha value is -1.79. The highest BCUT2D eigenvalue weighted by molar-refractivity contribution is 8.14. The van der Waals surface area contributed by atoms with Crippen LogP contribution in [0.25, 0.3) is 0 Å². The van der Waals surface area contributed by atoms with Gasteiger partial charge in [0.15, 0.2) is 5.82 Å². The summed E-state index contributed by atoms with van der Waals surface area (Å²) in [6.45, 7) is 6.92. The van der Waals surface area contributed by atoms with Crippen LogP contribution in [0.15, 0.2) is 40.1 Å². The van der Waals surface area contributed by atoms with Crippen LogP contribution >= 0.6 is 11.8 Å². The van der Waals surface area contributed by atoms with E-state index in [0.717, 1.165) is 34.8 Å². The van der Waals surface area contributed by atoms with Gasteiger partial charge < -0.3 is 4.74 Å². The molecule has 0 saturated carbocycles. The minimum Gasteiger partial charge on any atom is -0.375 e. The monoisotopic (exact) mass is 357 g/mol. The molecule has 2 aromatic rings. The molecule has 1 aromatic heterocycles. The molecule has 5 nitrogen and oxygen atoms in total. The first kappa shape index (κ1) is 16.7. The summed E-state index contributed by atoms with van der Waals surface area (Å²) < 4.78 is 7.82. The fourth-order valence-electron chi connectivity index (χ4n) is 3.76. The fourth-order valence-corrected chi connectivity index (χ4v) is 4.86. The summed E-state index contributed by atoms with van der Waals surface area (Å²) in [4.78, 5) is 17.5. The Balaban J connectivity index is 1.80. The lowest BCUT2D eigenvalue weighted by atomic mass is 9.94. The zero-order valence-electron chi connectivity index (χ0n) is 14.8. The van der Waals surface area contributed by atoms with Crippen molar-refractivity contribution in [3.8, 4) is 0 Å². The van der Waals surface area contributed by atoms with Gasteiger partial charge in [-0.15, -0.1) is 0 Å². The van der Waals surface area contributed by atoms with Crippen molar-refractivity contribution >= 4 is 22.6 Å². The molecule has 0 bridgehead atoms. The Labute approximate surface area is 151 Å². The first-order chi connectivity index (χ1) is 11.9. The summed E-state index contributed by atoms with van der Waals surface area (Å²) in [5.41, 5.74) is 1.69. The number of aliphatic imine (C=N–C) groups is 1. The molecule has 4 rings (SSSR count). The van der Waals surface area contributed by atoms with E-state index in [2.05, 4.69) is 31.1 Å². The third kappa shape index (κ3) is 3.09. The number of rotatable bonds is 2. The zero-order valence-corrected chi connectivity index (χ0v) is 15.6. The standard InChI is InChI=1S/C19H23N3O2S/c1-12-20-17-15(16(25-12)13-7-5-4-6-8-13)18(23)21-22(17)14-9-10-24-19(2,3)11-14/h4-8,14,16H,9-11H2,1-3H3,(H,21,23)/t14-,16-/m1/s1. The molecule has 1 aromatic carbocycles. The first-order valence-electron chi connectivity index (χ1n) is 8.70. The summed E-state index contributed by atoms with van der Waals surface area (Å²) in [6, 6.07) is 10.4. The number of hydrogen-bond donors (Lipinski definition) is 1. The van der Waals surface area contributed by atoms with Crippen LogP contribution in [-0.4, -0.2) is 27.0 Å². The third-order valence-electron chi connectivity index (χ3n) is 4.89. The van der Waals surface area contributed by atoms with Crippen LogP contribution in [-0.2, 0) is 4.74 Å². The van der Waals surface area contributed by atoms with Crippen molar-refractivity contribution in [1.82, 2.24) is 9.78 Å². The van der Waals surface area contributed by atoms with Gasteiger partial charge in [-0.05, 0) is 39.2 Å². The number of nitrogens with zero attached hydrogens (tertiary/aromatic N) is 2. The lowest BCUT2D eigenvalue weighted by Crippen LogP contribution is -2.35. The number of fused-ring (bicyclic) bond motifs is 1. The Morgan fingerprint density at radius 1 is 1.32 bits per heavy atom. The molecule has 0 spiro atoms. The molecule has 1 N–H and O–H groups in total. The molecular formula is C19H23N3O2S. The van der Waals surface area contributed by atoms with Gasteiger partial charge in [0.2, 0.25) is 0 Å². The Bertz CT molecular complexity index is 867. The lowest BCUT2D eigenvalue weighted by molar-refractivity contribution is -0.0705. The molecular weight excluding hydrogens is 334 g/mol. The summed E-state index contributed by atoms with van der Waals surface area (Å²) in [5, 5.41) is 4.05. The summed E-state index contributed by atoms with van der Waals surface area (Å²) in [5.74, 6) is 0.790. The predicted octanol–water partition coefficient (Wildman–Crippen LogP) is 4.19. The molecule has 1 fully saturated rings. The van der Waals surface area contributed by atoms with Crippen molar-refractivity contribution in [2.45, 2.75) is 50.5 Å². The molecule has 2 aliphatic rings. The molecule has 1 saturated heterocycles. The Kier molecular flexibility index (Phi) is 4.12. The van der Waals surface area contributed by atoms with Gasteiger partial charge in [0.25, 0.3) is 5.56 Å². The third-order valence-corrected chi connectivity index (χ3v) is 6.06. The number of H-pyrrole nitrogens is 1. The number of thioether (sulfide) groups is 1. The van der Waals surface area contributed by atoms with E-state index < -0.39 is 0 Å². The Morgan fingerprint density at radius 3 is 2.80 bits per heavy atom. The second-order valence-corrected chi connectivity index (χ2v) is 8.64. The van der Waals surface area contributed by atoms with Crippen LogP contribution < -0.4 is 5.56 Å². The second kappa shape index (κ2) is 6.18. The van der Waals surface area contributed by atoms with E-state index in [1.54, 1.807) is 11.8 Å². The minimum absolute atomic E-state index is 0.00782. The van der Waals surface area contributed by atoms with Crippen molar-refractivity contribution in [3.63, 3.8) is 0 Å². The van der Waals surface area contributed by atoms with E-state index in [1.165, 1.54) is 0 Å². The van der Waals surface area contributed by atoms with Gasteiger partial charge in [-0.25, -0.2) is 4.99 Å². The van der Waals surface area contributed by atoms with Gasteiger partial charge in [0.05, 0.1) is 27.5 Å². The van der Waals surface area contributed by atoms with Gasteiger partial charge in [-0.1, -0.05) is 42.1 Å². The van der Waals surface area contributed by atoms with E-state index in [-0.39, 0.29) is 22.5 Å². The average Bonchev–Trinajstić information content (AvgIpc) is 2.91. The molecule has 25 heavy (non-hydrogen) atoms. The molecule has 2 aliphatic heterocycles. The number of ether oxygens (including phenoxy) is 1. The largest absolute Gasteiger partial charge is 0.375 e. The van der Waals surface area contributed by atoms with Gasteiger partial charge in [-0.3, -0.25) is 14.6 Å². The van der Waals surface area contributed by atoms with Crippen LogP contribution in [0.4, 0.5) is 5.82 Å². The molecule has 0 aliphatic carbocycles. The lowest BCUT2D eigenvalue weighted by Gasteiger charge is -2.36. The maximum Gasteiger partial charge on any atom is 0.271 e. The van der Waals surface area contributed by atoms with Crippen LogP contribution in [0.2, 0.25) is 0 Å². The fraction of sp³-hybridized carbons (Fsp3) is 0.474. The number of hydrogen-bond acceptors (Lipinski definition) is 4. The summed E-state index contributed by atoms with van der Waals surface area (Å²) in [7, 11) is 0. The number of nitrogens with one attached hydrogen (secondary N) is 1. The Morgan fingerprint density at radius 2 is 2.08 bits per heavy atom. The first-order valence-corrected chi connectivity index (χ1v) is 9.58. The highest BCUT2D eigenvalue weighted by Crippen LogP contribution is 2.45. The molecule has 0 radical (unpaired) electrons. The topological polar surface area (TPSA) is 59.4 Å². The SMILES string of the molecule is CC1=Nc2c(c(=O)[nH]n2[C@@H]2CCOC(C)(C)C2)[C@@H](c2ccccc2)S1. The van der Waals surface area contributed by atoms with E-state index >= 15 is 0 Å². The summed E-state index contributed by atoms with van der Waals surface area (Å²) in [6.07, 6.45) is 1.75. The second-order valence-electron chi connectivity index (χ2n) is 7.34. The molecule has 0 unspecified atom stereocenters. The molecule has 6 heteroatoms. The highest BCUT2D eigenvalue weighted by atomic mass is 32.2. The van der Waals surface area contributed by atoms with Crippen LogP contribution in [0, 0.1) is 0 Å². The molecule has 0 amide bonds.